The molecule has 37 heavy (non-hydrogen) atoms. The third-order valence-electron chi connectivity index (χ3n) is 6.35. The number of amides is 1. The predicted octanol–water partition coefficient (Wildman–Crippen LogP) is 3.57. The third-order valence-corrected chi connectivity index (χ3v) is 6.35. The predicted molar refractivity (Wildman–Crippen MR) is 140 cm³/mol. The number of nitrogens with one attached hydrogen (secondary N) is 2. The maximum Gasteiger partial charge on any atom is 0.247 e. The van der Waals surface area contributed by atoms with Crippen LogP contribution in [0.25, 0.3) is 16.7 Å². The molecule has 3 aromatic heterocycles. The van der Waals surface area contributed by atoms with Gasteiger partial charge >= 0.3 is 0 Å². The van der Waals surface area contributed by atoms with Gasteiger partial charge in [-0.2, -0.15) is 10.1 Å². The first-order valence-electron chi connectivity index (χ1n) is 12.1. The number of aryl methyl sites for hydroxylation is 2. The number of hydrogen-bond donors (Lipinski definition) is 2. The Morgan fingerprint density at radius 2 is 2.03 bits per heavy atom. The average molecular weight is 505 g/mol. The number of morpholine rings is 1. The molecule has 2 N–H and O–H groups in total. The van der Waals surface area contributed by atoms with E-state index in [-0.39, 0.29) is 17.7 Å². The second kappa shape index (κ2) is 10.5. The number of benzene rings is 1. The molecule has 1 fully saturated rings. The number of fused-ring (bicyclic) bond motifs is 1. The number of halogens is 1. The van der Waals surface area contributed by atoms with Crippen LogP contribution in [-0.4, -0.2) is 68.0 Å². The minimum absolute atomic E-state index is 0.121. The van der Waals surface area contributed by atoms with E-state index in [1.165, 1.54) is 6.08 Å². The molecule has 0 unspecified atom stereocenters. The summed E-state index contributed by atoms with van der Waals surface area (Å²) in [6, 6.07) is 5.42. The van der Waals surface area contributed by atoms with Gasteiger partial charge in [0.25, 0.3) is 0 Å². The lowest BCUT2D eigenvalue weighted by Crippen LogP contribution is -2.38. The van der Waals surface area contributed by atoms with E-state index in [2.05, 4.69) is 37.2 Å². The van der Waals surface area contributed by atoms with Crippen molar-refractivity contribution in [2.45, 2.75) is 20.4 Å². The van der Waals surface area contributed by atoms with Crippen molar-refractivity contribution in [2.24, 2.45) is 0 Å². The van der Waals surface area contributed by atoms with E-state index in [9.17, 15) is 9.18 Å². The van der Waals surface area contributed by atoms with Gasteiger partial charge in [0.1, 0.15) is 0 Å². The van der Waals surface area contributed by atoms with Gasteiger partial charge in [0.05, 0.1) is 42.9 Å². The van der Waals surface area contributed by atoms with Crippen LogP contribution in [0.1, 0.15) is 11.3 Å². The number of anilines is 3. The molecule has 4 aromatic rings. The zero-order valence-corrected chi connectivity index (χ0v) is 20.9. The van der Waals surface area contributed by atoms with Crippen LogP contribution in [0.4, 0.5) is 21.7 Å². The molecular weight excluding hydrogens is 475 g/mol. The van der Waals surface area contributed by atoms with Gasteiger partial charge in [0.2, 0.25) is 11.9 Å². The lowest BCUT2D eigenvalue weighted by Gasteiger charge is -2.26. The number of carbonyl (C=O) groups excluding carboxylic acids is 1. The number of ether oxygens (including phenoxy) is 1. The number of hydrogen-bond acceptors (Lipinski definition) is 7. The molecule has 0 saturated carbocycles. The zero-order valence-electron chi connectivity index (χ0n) is 20.9. The molecule has 1 saturated heterocycles. The van der Waals surface area contributed by atoms with E-state index < -0.39 is 5.82 Å². The van der Waals surface area contributed by atoms with Crippen LogP contribution in [0.2, 0.25) is 0 Å². The van der Waals surface area contributed by atoms with Gasteiger partial charge in [-0.15, -0.1) is 0 Å². The van der Waals surface area contributed by atoms with E-state index in [0.29, 0.717) is 5.69 Å². The fourth-order valence-corrected chi connectivity index (χ4v) is 4.37. The van der Waals surface area contributed by atoms with Crippen LogP contribution < -0.4 is 10.6 Å². The lowest BCUT2D eigenvalue weighted by atomic mass is 10.2. The Hall–Kier alpha value is -4.09. The number of nitrogens with zero attached hydrogens (tertiary/aromatic N) is 6. The molecule has 192 valence electrons. The second-order valence-electron chi connectivity index (χ2n) is 8.94. The van der Waals surface area contributed by atoms with Gasteiger partial charge in [-0.1, -0.05) is 6.58 Å². The molecule has 1 aliphatic rings. The van der Waals surface area contributed by atoms with Gasteiger partial charge in [-0.3, -0.25) is 18.9 Å². The average Bonchev–Trinajstić information content (AvgIpc) is 3.42. The molecule has 1 aliphatic heterocycles. The Labute approximate surface area is 213 Å². The molecule has 0 atom stereocenters. The molecule has 5 rings (SSSR count). The van der Waals surface area contributed by atoms with Gasteiger partial charge in [-0.25, -0.2) is 9.37 Å². The molecule has 10 nitrogen and oxygen atoms in total. The summed E-state index contributed by atoms with van der Waals surface area (Å²) in [5.41, 5.74) is 3.85. The summed E-state index contributed by atoms with van der Waals surface area (Å²) >= 11 is 0. The summed E-state index contributed by atoms with van der Waals surface area (Å²) < 4.78 is 23.9. The standard InChI is InChI=1S/C26H29FN8O2/c1-4-24(36)29-19-5-6-23-20(13-19)17(2)15-35(23)25-21(27)14-28-26(31-25)30-22-16-34(32-18(22)3)8-7-33-9-11-37-12-10-33/h4-6,13-16H,1,7-12H2,2-3H3,(H,29,36)(H,28,30,31). The highest BCUT2D eigenvalue weighted by atomic mass is 19.1. The fourth-order valence-electron chi connectivity index (χ4n) is 4.37. The normalized spacial score (nSPS) is 14.1. The molecule has 1 aromatic carbocycles. The van der Waals surface area contributed by atoms with Crippen molar-refractivity contribution in [3.63, 3.8) is 0 Å². The summed E-state index contributed by atoms with van der Waals surface area (Å²) in [7, 11) is 0. The highest BCUT2D eigenvalue weighted by Crippen LogP contribution is 2.28. The van der Waals surface area contributed by atoms with Gasteiger partial charge in [-0.05, 0) is 43.7 Å². The largest absolute Gasteiger partial charge is 0.379 e. The topological polar surface area (TPSA) is 102 Å². The third kappa shape index (κ3) is 5.37. The monoisotopic (exact) mass is 504 g/mol. The SMILES string of the molecule is C=CC(=O)Nc1ccc2c(c1)c(C)cn2-c1nc(Nc2cn(CCN3CCOCC3)nc2C)ncc1F. The Bertz CT molecular complexity index is 1450. The van der Waals surface area contributed by atoms with E-state index in [1.807, 2.05) is 43.1 Å². The van der Waals surface area contributed by atoms with Crippen LogP contribution in [0.5, 0.6) is 0 Å². The summed E-state index contributed by atoms with van der Waals surface area (Å²) in [4.78, 5) is 22.6. The van der Waals surface area contributed by atoms with Crippen LogP contribution in [0, 0.1) is 19.7 Å². The molecular formula is C26H29FN8O2. The van der Waals surface area contributed by atoms with E-state index >= 15 is 0 Å². The van der Waals surface area contributed by atoms with Crippen LogP contribution in [0.15, 0.2) is 49.4 Å². The molecule has 0 radical (unpaired) electrons. The highest BCUT2D eigenvalue weighted by molar-refractivity contribution is 6.00. The second-order valence-corrected chi connectivity index (χ2v) is 8.94. The van der Waals surface area contributed by atoms with Crippen LogP contribution in [-0.2, 0) is 16.1 Å². The first-order chi connectivity index (χ1) is 17.9. The zero-order chi connectivity index (χ0) is 25.9. The molecule has 4 heterocycles. The summed E-state index contributed by atoms with van der Waals surface area (Å²) in [6.07, 6.45) is 6.09. The Morgan fingerprint density at radius 1 is 1.22 bits per heavy atom. The van der Waals surface area contributed by atoms with Crippen LogP contribution in [0.3, 0.4) is 0 Å². The highest BCUT2D eigenvalue weighted by Gasteiger charge is 2.16. The molecule has 11 heteroatoms. The first kappa shape index (κ1) is 24.6. The van der Waals surface area contributed by atoms with Crippen LogP contribution >= 0.6 is 0 Å². The van der Waals surface area contributed by atoms with E-state index in [1.54, 1.807) is 10.6 Å². The van der Waals surface area contributed by atoms with Gasteiger partial charge in [0, 0.05) is 43.1 Å². The fraction of sp³-hybridized carbons (Fsp3) is 0.308. The van der Waals surface area contributed by atoms with E-state index in [4.69, 9.17) is 4.74 Å². The number of carbonyl (C=O) groups is 1. The Kier molecular flexibility index (Phi) is 6.97. The van der Waals surface area contributed by atoms with Crippen molar-refractivity contribution in [2.75, 3.05) is 43.5 Å². The quantitative estimate of drug-likeness (QED) is 0.354. The number of rotatable bonds is 8. The number of aromatic nitrogens is 5. The van der Waals surface area contributed by atoms with Gasteiger partial charge < -0.3 is 15.4 Å². The van der Waals surface area contributed by atoms with Gasteiger partial charge in [0.15, 0.2) is 11.6 Å². The van der Waals surface area contributed by atoms with Crippen molar-refractivity contribution in [1.29, 1.82) is 0 Å². The summed E-state index contributed by atoms with van der Waals surface area (Å²) in [5, 5.41) is 11.4. The lowest BCUT2D eigenvalue weighted by molar-refractivity contribution is -0.111. The van der Waals surface area contributed by atoms with Crippen molar-refractivity contribution in [1.82, 2.24) is 29.2 Å². The Morgan fingerprint density at radius 3 is 2.81 bits per heavy atom. The first-order valence-corrected chi connectivity index (χ1v) is 12.1. The molecule has 0 spiro atoms. The maximum absolute atomic E-state index is 14.9. The smallest absolute Gasteiger partial charge is 0.247 e. The Balaban J connectivity index is 1.37. The minimum Gasteiger partial charge on any atom is -0.379 e. The van der Waals surface area contributed by atoms with E-state index in [0.717, 1.165) is 73.4 Å². The van der Waals surface area contributed by atoms with Crippen molar-refractivity contribution < 1.29 is 13.9 Å². The van der Waals surface area contributed by atoms with Crippen molar-refractivity contribution in [3.05, 3.63) is 66.5 Å². The van der Waals surface area contributed by atoms with Crippen molar-refractivity contribution in [3.8, 4) is 5.82 Å². The maximum atomic E-state index is 14.9. The molecule has 0 bridgehead atoms. The summed E-state index contributed by atoms with van der Waals surface area (Å²) in [5.74, 6) is -0.462. The summed E-state index contributed by atoms with van der Waals surface area (Å²) in [6.45, 7) is 12.3. The minimum atomic E-state index is -0.551. The van der Waals surface area contributed by atoms with Crippen molar-refractivity contribution >= 4 is 34.1 Å². The molecule has 1 amide bonds. The molecule has 0 aliphatic carbocycles.